The van der Waals surface area contributed by atoms with Gasteiger partial charge in [0.25, 0.3) is 10.0 Å². The molecule has 0 unspecified atom stereocenters. The van der Waals surface area contributed by atoms with E-state index in [1.165, 1.54) is 23.5 Å². The van der Waals surface area contributed by atoms with Crippen molar-refractivity contribution in [2.75, 3.05) is 26.8 Å². The average molecular weight is 316 g/mol. The summed E-state index contributed by atoms with van der Waals surface area (Å²) < 4.78 is 31.3. The van der Waals surface area contributed by atoms with Crippen LogP contribution in [-0.2, 0) is 14.8 Å². The first-order chi connectivity index (χ1) is 9.78. The van der Waals surface area contributed by atoms with E-state index in [4.69, 9.17) is 9.84 Å². The Morgan fingerprint density at radius 2 is 2.10 bits per heavy atom. The van der Waals surface area contributed by atoms with Gasteiger partial charge in [-0.25, -0.2) is 18.2 Å². The normalized spacial score (nSPS) is 12.0. The fraction of sp³-hybridized carbons (Fsp3) is 0.538. The molecule has 1 heterocycles. The van der Waals surface area contributed by atoms with Gasteiger partial charge in [-0.3, -0.25) is 0 Å². The minimum atomic E-state index is -3.76. The number of carbonyl (C=O) groups is 1. The van der Waals surface area contributed by atoms with Crippen molar-refractivity contribution < 1.29 is 23.1 Å². The van der Waals surface area contributed by atoms with Gasteiger partial charge in [-0.05, 0) is 18.1 Å². The molecule has 0 aliphatic rings. The van der Waals surface area contributed by atoms with Crippen LogP contribution in [0.15, 0.2) is 23.4 Å². The molecule has 0 aliphatic carbocycles. The van der Waals surface area contributed by atoms with Gasteiger partial charge in [-0.15, -0.1) is 0 Å². The second-order valence-corrected chi connectivity index (χ2v) is 6.82. The van der Waals surface area contributed by atoms with Crippen LogP contribution in [-0.4, -0.2) is 55.6 Å². The van der Waals surface area contributed by atoms with Crippen molar-refractivity contribution in [2.45, 2.75) is 18.9 Å². The van der Waals surface area contributed by atoms with Crippen LogP contribution in [0.2, 0.25) is 0 Å². The Morgan fingerprint density at radius 3 is 2.52 bits per heavy atom. The number of pyridine rings is 1. The number of aromatic carboxylic acids is 1. The third kappa shape index (κ3) is 4.76. The summed E-state index contributed by atoms with van der Waals surface area (Å²) >= 11 is 0. The molecule has 1 aromatic rings. The summed E-state index contributed by atoms with van der Waals surface area (Å²) in [6.07, 6.45) is 1.04. The zero-order valence-corrected chi connectivity index (χ0v) is 13.1. The van der Waals surface area contributed by atoms with Crippen LogP contribution < -0.4 is 0 Å². The first-order valence-corrected chi connectivity index (χ1v) is 7.91. The van der Waals surface area contributed by atoms with Gasteiger partial charge in [0.2, 0.25) is 0 Å². The van der Waals surface area contributed by atoms with E-state index in [1.807, 2.05) is 13.8 Å². The van der Waals surface area contributed by atoms with Gasteiger partial charge in [0.1, 0.15) is 0 Å². The van der Waals surface area contributed by atoms with E-state index in [2.05, 4.69) is 4.98 Å². The highest BCUT2D eigenvalue weighted by atomic mass is 32.2. The number of hydrogen-bond donors (Lipinski definition) is 1. The van der Waals surface area contributed by atoms with Crippen molar-refractivity contribution in [3.8, 4) is 0 Å². The molecule has 1 aromatic heterocycles. The van der Waals surface area contributed by atoms with Crippen LogP contribution in [0.5, 0.6) is 0 Å². The van der Waals surface area contributed by atoms with Gasteiger partial charge in [0.15, 0.2) is 5.03 Å². The highest BCUT2D eigenvalue weighted by Gasteiger charge is 2.26. The topological polar surface area (TPSA) is 96.8 Å². The summed E-state index contributed by atoms with van der Waals surface area (Å²) in [6.45, 7) is 4.67. The summed E-state index contributed by atoms with van der Waals surface area (Å²) in [5.74, 6) is -1.00. The Morgan fingerprint density at radius 1 is 1.43 bits per heavy atom. The summed E-state index contributed by atoms with van der Waals surface area (Å²) in [5.41, 5.74) is -0.0544. The molecule has 0 radical (unpaired) electrons. The molecule has 0 bridgehead atoms. The van der Waals surface area contributed by atoms with Crippen LogP contribution in [0.1, 0.15) is 24.2 Å². The standard InChI is InChI=1S/C13H20N2O5S/c1-10(2)9-15(6-7-20-3)21(18,19)12-5-4-11(8-14-12)13(16)17/h4-5,8,10H,6-7,9H2,1-3H3,(H,16,17). The van der Waals surface area contributed by atoms with E-state index >= 15 is 0 Å². The smallest absolute Gasteiger partial charge is 0.337 e. The van der Waals surface area contributed by atoms with Crippen molar-refractivity contribution in [1.29, 1.82) is 0 Å². The van der Waals surface area contributed by atoms with Crippen molar-refractivity contribution in [3.05, 3.63) is 23.9 Å². The second-order valence-electron chi connectivity index (χ2n) is 4.94. The molecule has 0 saturated heterocycles. The number of carboxylic acid groups (broad SMARTS) is 1. The van der Waals surface area contributed by atoms with Crippen molar-refractivity contribution >= 4 is 16.0 Å². The third-order valence-corrected chi connectivity index (χ3v) is 4.48. The molecule has 1 N–H and O–H groups in total. The number of methoxy groups -OCH3 is 1. The van der Waals surface area contributed by atoms with Crippen molar-refractivity contribution in [3.63, 3.8) is 0 Å². The first kappa shape index (κ1) is 17.5. The lowest BCUT2D eigenvalue weighted by molar-refractivity contribution is 0.0696. The highest BCUT2D eigenvalue weighted by Crippen LogP contribution is 2.15. The molecular formula is C13H20N2O5S. The summed E-state index contributed by atoms with van der Waals surface area (Å²) in [4.78, 5) is 14.5. The predicted molar refractivity (Wildman–Crippen MR) is 76.7 cm³/mol. The molecular weight excluding hydrogens is 296 g/mol. The third-order valence-electron chi connectivity index (χ3n) is 2.70. The Bertz CT molecular complexity index is 569. The summed E-state index contributed by atoms with van der Waals surface area (Å²) in [7, 11) is -2.26. The zero-order valence-electron chi connectivity index (χ0n) is 12.3. The van der Waals surface area contributed by atoms with Crippen LogP contribution in [0.25, 0.3) is 0 Å². The maximum absolute atomic E-state index is 12.5. The lowest BCUT2D eigenvalue weighted by Gasteiger charge is -2.23. The number of ether oxygens (including phenoxy) is 1. The SMILES string of the molecule is COCCN(CC(C)C)S(=O)(=O)c1ccc(C(=O)O)cn1. The summed E-state index contributed by atoms with van der Waals surface area (Å²) in [5, 5.41) is 8.64. The quantitative estimate of drug-likeness (QED) is 0.770. The van der Waals surface area contributed by atoms with E-state index in [0.717, 1.165) is 6.20 Å². The number of hydrogen-bond acceptors (Lipinski definition) is 5. The van der Waals surface area contributed by atoms with Crippen LogP contribution in [0.4, 0.5) is 0 Å². The molecule has 0 atom stereocenters. The first-order valence-electron chi connectivity index (χ1n) is 6.47. The molecule has 0 spiro atoms. The lowest BCUT2D eigenvalue weighted by atomic mass is 10.2. The molecule has 8 heteroatoms. The highest BCUT2D eigenvalue weighted by molar-refractivity contribution is 7.89. The van der Waals surface area contributed by atoms with Gasteiger partial charge in [0, 0.05) is 26.4 Å². The van der Waals surface area contributed by atoms with Crippen LogP contribution in [0, 0.1) is 5.92 Å². The molecule has 0 fully saturated rings. The van der Waals surface area contributed by atoms with Crippen LogP contribution in [0.3, 0.4) is 0 Å². The number of carboxylic acids is 1. The molecule has 0 aromatic carbocycles. The predicted octanol–water partition coefficient (Wildman–Crippen LogP) is 1.07. The number of nitrogens with zero attached hydrogens (tertiary/aromatic N) is 2. The molecule has 0 saturated carbocycles. The van der Waals surface area contributed by atoms with E-state index in [1.54, 1.807) is 0 Å². The number of sulfonamides is 1. The Balaban J connectivity index is 3.06. The largest absolute Gasteiger partial charge is 0.478 e. The van der Waals surface area contributed by atoms with Gasteiger partial charge >= 0.3 is 5.97 Å². The Hall–Kier alpha value is -1.51. The summed E-state index contributed by atoms with van der Waals surface area (Å²) in [6, 6.07) is 2.44. The van der Waals surface area contributed by atoms with E-state index < -0.39 is 16.0 Å². The van der Waals surface area contributed by atoms with Crippen molar-refractivity contribution in [1.82, 2.24) is 9.29 Å². The van der Waals surface area contributed by atoms with E-state index in [9.17, 15) is 13.2 Å². The average Bonchev–Trinajstić information content (AvgIpc) is 2.43. The molecule has 0 aliphatic heterocycles. The van der Waals surface area contributed by atoms with Crippen LogP contribution >= 0.6 is 0 Å². The van der Waals surface area contributed by atoms with Gasteiger partial charge in [-0.2, -0.15) is 4.31 Å². The molecule has 0 amide bonds. The van der Waals surface area contributed by atoms with Gasteiger partial charge in [0.05, 0.1) is 12.2 Å². The molecule has 118 valence electrons. The van der Waals surface area contributed by atoms with Gasteiger partial charge < -0.3 is 9.84 Å². The minimum Gasteiger partial charge on any atom is -0.478 e. The lowest BCUT2D eigenvalue weighted by Crippen LogP contribution is -2.37. The fourth-order valence-corrected chi connectivity index (χ4v) is 3.20. The molecule has 7 nitrogen and oxygen atoms in total. The number of aromatic nitrogens is 1. The monoisotopic (exact) mass is 316 g/mol. The zero-order chi connectivity index (χ0) is 16.0. The second kappa shape index (κ2) is 7.48. The molecule has 1 rings (SSSR count). The van der Waals surface area contributed by atoms with E-state index in [0.29, 0.717) is 6.54 Å². The number of rotatable bonds is 8. The van der Waals surface area contributed by atoms with Crippen molar-refractivity contribution in [2.24, 2.45) is 5.92 Å². The Labute approximate surface area is 124 Å². The maximum atomic E-state index is 12.5. The molecule has 21 heavy (non-hydrogen) atoms. The fourth-order valence-electron chi connectivity index (χ4n) is 1.70. The Kier molecular flexibility index (Phi) is 6.25. The van der Waals surface area contributed by atoms with Gasteiger partial charge in [-0.1, -0.05) is 13.8 Å². The maximum Gasteiger partial charge on any atom is 0.337 e. The van der Waals surface area contributed by atoms with E-state index in [-0.39, 0.29) is 29.7 Å². The minimum absolute atomic E-state index is 0.0544.